The van der Waals surface area contributed by atoms with Crippen molar-refractivity contribution in [1.29, 1.82) is 0 Å². The third kappa shape index (κ3) is 4.70. The number of halogens is 2. The summed E-state index contributed by atoms with van der Waals surface area (Å²) < 4.78 is 62.0. The van der Waals surface area contributed by atoms with E-state index >= 15 is 0 Å². The van der Waals surface area contributed by atoms with E-state index in [-0.39, 0.29) is 23.4 Å². The Morgan fingerprint density at radius 2 is 1.90 bits per heavy atom. The van der Waals surface area contributed by atoms with Crippen molar-refractivity contribution in [3.05, 3.63) is 29.7 Å². The van der Waals surface area contributed by atoms with Crippen molar-refractivity contribution in [3.8, 4) is 11.4 Å². The summed E-state index contributed by atoms with van der Waals surface area (Å²) in [6.45, 7) is 2.37. The molecule has 2 aromatic rings. The molecule has 1 aliphatic rings. The molecule has 1 saturated heterocycles. The van der Waals surface area contributed by atoms with Crippen LogP contribution in [0.15, 0.2) is 21.6 Å². The molecule has 0 bridgehead atoms. The van der Waals surface area contributed by atoms with E-state index in [1.165, 1.54) is 4.90 Å². The number of rotatable bonds is 5. The summed E-state index contributed by atoms with van der Waals surface area (Å²) in [4.78, 5) is 15.3. The van der Waals surface area contributed by atoms with Gasteiger partial charge in [0, 0.05) is 24.9 Å². The Morgan fingerprint density at radius 3 is 2.41 bits per heavy atom. The van der Waals surface area contributed by atoms with Gasteiger partial charge in [-0.2, -0.15) is 4.98 Å². The molecular weight excluding hydrogens is 412 g/mol. The topological polar surface area (TPSA) is 123 Å². The first kappa shape index (κ1) is 21.1. The Bertz CT molecular complexity index is 995. The van der Waals surface area contributed by atoms with E-state index in [0.29, 0.717) is 32.2 Å². The lowest BCUT2D eigenvalue weighted by atomic mass is 10.1. The van der Waals surface area contributed by atoms with Gasteiger partial charge in [0.25, 0.3) is 5.89 Å². The van der Waals surface area contributed by atoms with Crippen LogP contribution < -0.4 is 0 Å². The second-order valence-electron chi connectivity index (χ2n) is 6.74. The Kier molecular flexibility index (Phi) is 5.85. The summed E-state index contributed by atoms with van der Waals surface area (Å²) in [6, 6.07) is 1.64. The van der Waals surface area contributed by atoms with Gasteiger partial charge in [0.2, 0.25) is 5.82 Å². The van der Waals surface area contributed by atoms with Gasteiger partial charge in [-0.05, 0) is 31.9 Å². The van der Waals surface area contributed by atoms with Crippen LogP contribution in [0.2, 0.25) is 0 Å². The number of ether oxygens (including phenoxy) is 1. The minimum Gasteiger partial charge on any atom is -0.465 e. The quantitative estimate of drug-likeness (QED) is 0.767. The molecule has 1 amide bonds. The normalized spacial score (nSPS) is 16.8. The lowest BCUT2D eigenvalue weighted by molar-refractivity contribution is -0.0451. The van der Waals surface area contributed by atoms with Crippen molar-refractivity contribution in [1.82, 2.24) is 15.0 Å². The lowest BCUT2D eigenvalue weighted by Crippen LogP contribution is -2.40. The minimum atomic E-state index is -4.07. The molecule has 1 aromatic heterocycles. The number of amides is 1. The van der Waals surface area contributed by atoms with Gasteiger partial charge in [-0.3, -0.25) is 0 Å². The van der Waals surface area contributed by atoms with Crippen LogP contribution in [0.3, 0.4) is 0 Å². The summed E-state index contributed by atoms with van der Waals surface area (Å²) in [6.07, 6.45) is -0.0512. The first-order valence-corrected chi connectivity index (χ1v) is 10.6. The minimum absolute atomic E-state index is 0.0775. The fourth-order valence-electron chi connectivity index (χ4n) is 3.09. The fraction of sp³-hybridized carbons (Fsp3) is 0.471. The van der Waals surface area contributed by atoms with Crippen LogP contribution in [-0.2, 0) is 14.6 Å². The molecule has 0 aliphatic carbocycles. The van der Waals surface area contributed by atoms with E-state index < -0.39 is 38.6 Å². The maximum Gasteiger partial charge on any atom is 0.407 e. The van der Waals surface area contributed by atoms with Gasteiger partial charge in [-0.15, -0.1) is 0 Å². The van der Waals surface area contributed by atoms with Gasteiger partial charge in [0.05, 0.1) is 6.10 Å². The first-order valence-electron chi connectivity index (χ1n) is 8.72. The molecule has 158 valence electrons. The third-order valence-corrected chi connectivity index (χ3v) is 5.66. The van der Waals surface area contributed by atoms with Crippen LogP contribution in [0.4, 0.5) is 13.6 Å². The van der Waals surface area contributed by atoms with Crippen LogP contribution in [-0.4, -0.2) is 60.1 Å². The maximum atomic E-state index is 14.1. The van der Waals surface area contributed by atoms with Crippen molar-refractivity contribution in [2.45, 2.75) is 36.9 Å². The molecule has 0 spiro atoms. The molecule has 0 radical (unpaired) electrons. The van der Waals surface area contributed by atoms with Crippen LogP contribution in [0.25, 0.3) is 11.4 Å². The Balaban J connectivity index is 1.72. The molecule has 1 aromatic carbocycles. The van der Waals surface area contributed by atoms with Gasteiger partial charge < -0.3 is 19.3 Å². The smallest absolute Gasteiger partial charge is 0.407 e. The molecule has 1 atom stereocenters. The summed E-state index contributed by atoms with van der Waals surface area (Å²) >= 11 is 0. The van der Waals surface area contributed by atoms with Crippen molar-refractivity contribution >= 4 is 15.9 Å². The Hall–Kier alpha value is -2.60. The highest BCUT2D eigenvalue weighted by Crippen LogP contribution is 2.28. The summed E-state index contributed by atoms with van der Waals surface area (Å²) in [7, 11) is -4.07. The average molecular weight is 431 g/mol. The Morgan fingerprint density at radius 1 is 1.31 bits per heavy atom. The molecule has 3 rings (SSSR count). The van der Waals surface area contributed by atoms with E-state index in [2.05, 4.69) is 10.1 Å². The highest BCUT2D eigenvalue weighted by Gasteiger charge is 2.27. The van der Waals surface area contributed by atoms with E-state index in [1.54, 1.807) is 6.92 Å². The number of carboxylic acid groups (broad SMARTS) is 1. The monoisotopic (exact) mass is 431 g/mol. The Labute approximate surface area is 165 Å². The number of aromatic nitrogens is 2. The zero-order valence-electron chi connectivity index (χ0n) is 15.6. The largest absolute Gasteiger partial charge is 0.465 e. The maximum absolute atomic E-state index is 14.1. The number of sulfone groups is 1. The number of benzene rings is 1. The second kappa shape index (κ2) is 8.03. The molecule has 0 saturated carbocycles. The predicted molar refractivity (Wildman–Crippen MR) is 94.9 cm³/mol. The summed E-state index contributed by atoms with van der Waals surface area (Å²) in [5.41, 5.74) is -0.0793. The molecule has 9 nitrogen and oxygen atoms in total. The zero-order valence-corrected chi connectivity index (χ0v) is 16.4. The number of carbonyl (C=O) groups is 1. The van der Waals surface area contributed by atoms with Crippen molar-refractivity contribution in [2.24, 2.45) is 0 Å². The second-order valence-corrected chi connectivity index (χ2v) is 8.70. The molecule has 12 heteroatoms. The van der Waals surface area contributed by atoms with Crippen LogP contribution in [0.5, 0.6) is 0 Å². The number of likely N-dealkylation sites (tertiary alicyclic amines) is 1. The molecule has 1 fully saturated rings. The SMILES string of the molecule is CC(OC1CCN(C(=O)O)CC1)c1nc(-c2cc(F)c(S(C)(=O)=O)c(F)c2)no1. The predicted octanol–water partition coefficient (Wildman–Crippen LogP) is 2.64. The number of nitrogens with zero attached hydrogens (tertiary/aromatic N) is 3. The summed E-state index contributed by atoms with van der Waals surface area (Å²) in [5, 5.41) is 12.6. The average Bonchev–Trinajstić information content (AvgIpc) is 3.10. The van der Waals surface area contributed by atoms with Gasteiger partial charge in [-0.25, -0.2) is 22.0 Å². The van der Waals surface area contributed by atoms with Gasteiger partial charge in [0.1, 0.15) is 22.6 Å². The molecule has 29 heavy (non-hydrogen) atoms. The van der Waals surface area contributed by atoms with Gasteiger partial charge in [0.15, 0.2) is 9.84 Å². The highest BCUT2D eigenvalue weighted by atomic mass is 32.2. The zero-order chi connectivity index (χ0) is 21.3. The molecule has 1 N–H and O–H groups in total. The van der Waals surface area contributed by atoms with Crippen molar-refractivity contribution in [3.63, 3.8) is 0 Å². The number of piperidine rings is 1. The van der Waals surface area contributed by atoms with E-state index in [9.17, 15) is 22.0 Å². The summed E-state index contributed by atoms with van der Waals surface area (Å²) in [5.74, 6) is -2.53. The van der Waals surface area contributed by atoms with E-state index in [4.69, 9.17) is 14.4 Å². The lowest BCUT2D eigenvalue weighted by Gasteiger charge is -2.30. The highest BCUT2D eigenvalue weighted by molar-refractivity contribution is 7.90. The molecule has 1 unspecified atom stereocenters. The van der Waals surface area contributed by atoms with Gasteiger partial charge in [-0.1, -0.05) is 5.16 Å². The van der Waals surface area contributed by atoms with Crippen LogP contribution in [0.1, 0.15) is 31.8 Å². The number of hydrogen-bond donors (Lipinski definition) is 1. The number of hydrogen-bond acceptors (Lipinski definition) is 7. The van der Waals surface area contributed by atoms with E-state index in [0.717, 1.165) is 12.1 Å². The molecule has 1 aliphatic heterocycles. The molecular formula is C17H19F2N3O6S. The van der Waals surface area contributed by atoms with Gasteiger partial charge >= 0.3 is 6.09 Å². The molecule has 2 heterocycles. The van der Waals surface area contributed by atoms with Crippen molar-refractivity contribution < 1.29 is 36.4 Å². The van der Waals surface area contributed by atoms with Crippen LogP contribution in [0, 0.1) is 11.6 Å². The standard InChI is InChI=1S/C17H19F2N3O6S/c1-9(27-11-3-5-22(6-4-11)17(23)24)16-20-15(21-28-16)10-7-12(18)14(13(19)8-10)29(2,25)26/h7-9,11H,3-6H2,1-2H3,(H,23,24). The first-order chi connectivity index (χ1) is 13.6. The van der Waals surface area contributed by atoms with Crippen LogP contribution >= 0.6 is 0 Å². The third-order valence-electron chi connectivity index (χ3n) is 4.53. The van der Waals surface area contributed by atoms with Crippen molar-refractivity contribution in [2.75, 3.05) is 19.3 Å². The van der Waals surface area contributed by atoms with E-state index in [1.807, 2.05) is 0 Å². The fourth-order valence-corrected chi connectivity index (χ4v) is 3.92.